The molecular formula is C19H32N2O3. The van der Waals surface area contributed by atoms with Crippen molar-refractivity contribution < 1.29 is 14.6 Å². The van der Waals surface area contributed by atoms with Crippen molar-refractivity contribution >= 4 is 6.09 Å². The van der Waals surface area contributed by atoms with E-state index in [1.54, 1.807) is 0 Å². The lowest BCUT2D eigenvalue weighted by molar-refractivity contribution is 0.0284. The molecule has 0 radical (unpaired) electrons. The van der Waals surface area contributed by atoms with Gasteiger partial charge in [-0.3, -0.25) is 0 Å². The Balaban J connectivity index is 1.48. The lowest BCUT2D eigenvalue weighted by Gasteiger charge is -2.33. The minimum atomic E-state index is -0.424. The van der Waals surface area contributed by atoms with Crippen LogP contribution in [0.5, 0.6) is 0 Å². The van der Waals surface area contributed by atoms with Gasteiger partial charge in [-0.25, -0.2) is 4.79 Å². The van der Waals surface area contributed by atoms with Crippen LogP contribution in [-0.4, -0.2) is 53.5 Å². The molecule has 136 valence electrons. The number of amides is 1. The second-order valence-electron chi connectivity index (χ2n) is 8.75. The average molecular weight is 336 g/mol. The fourth-order valence-electron chi connectivity index (χ4n) is 4.39. The van der Waals surface area contributed by atoms with E-state index in [9.17, 15) is 9.90 Å². The molecular weight excluding hydrogens is 304 g/mol. The number of fused-ring (bicyclic) bond motifs is 1. The maximum absolute atomic E-state index is 12.3. The van der Waals surface area contributed by atoms with Crippen molar-refractivity contribution in [3.8, 4) is 0 Å². The summed E-state index contributed by atoms with van der Waals surface area (Å²) in [6.07, 6.45) is 8.67. The molecule has 3 aliphatic rings. The van der Waals surface area contributed by atoms with Gasteiger partial charge in [0.2, 0.25) is 0 Å². The Morgan fingerprint density at radius 2 is 1.96 bits per heavy atom. The molecule has 24 heavy (non-hydrogen) atoms. The third-order valence-electron chi connectivity index (χ3n) is 5.56. The van der Waals surface area contributed by atoms with Crippen LogP contribution in [0.3, 0.4) is 0 Å². The van der Waals surface area contributed by atoms with Crippen molar-refractivity contribution in [3.05, 3.63) is 12.2 Å². The zero-order chi connectivity index (χ0) is 17.3. The van der Waals surface area contributed by atoms with Gasteiger partial charge in [0.05, 0.1) is 0 Å². The first kappa shape index (κ1) is 17.7. The van der Waals surface area contributed by atoms with Crippen LogP contribution in [0, 0.1) is 17.8 Å². The molecule has 5 atom stereocenters. The van der Waals surface area contributed by atoms with Gasteiger partial charge in [0, 0.05) is 37.7 Å². The number of carbonyl (C=O) groups is 1. The number of nitrogens with one attached hydrogen (secondary N) is 1. The Kier molecular flexibility index (Phi) is 5.21. The lowest BCUT2D eigenvalue weighted by Crippen LogP contribution is -2.42. The molecule has 1 amide bonds. The average Bonchev–Trinajstić information content (AvgIpc) is 3.11. The summed E-state index contributed by atoms with van der Waals surface area (Å²) in [6.45, 7) is 7.68. The van der Waals surface area contributed by atoms with E-state index in [4.69, 9.17) is 4.74 Å². The SMILES string of the molecule is CC(C)(C)OC(=O)N1CC2CCC(N[C@@H]3C=C[C@H](CO)C3)CC2C1. The predicted molar refractivity (Wildman–Crippen MR) is 93.7 cm³/mol. The Hall–Kier alpha value is -1.07. The van der Waals surface area contributed by atoms with Crippen LogP contribution in [-0.2, 0) is 4.74 Å². The van der Waals surface area contributed by atoms with Gasteiger partial charge in [0.15, 0.2) is 0 Å². The lowest BCUT2D eigenvalue weighted by atomic mass is 9.79. The van der Waals surface area contributed by atoms with Crippen LogP contribution >= 0.6 is 0 Å². The first-order chi connectivity index (χ1) is 11.3. The quantitative estimate of drug-likeness (QED) is 0.778. The number of likely N-dealkylation sites (tertiary alicyclic amines) is 1. The second-order valence-corrected chi connectivity index (χ2v) is 8.75. The van der Waals surface area contributed by atoms with Crippen LogP contribution in [0.25, 0.3) is 0 Å². The molecule has 5 nitrogen and oxygen atoms in total. The smallest absolute Gasteiger partial charge is 0.410 e. The molecule has 5 heteroatoms. The van der Waals surface area contributed by atoms with Gasteiger partial charge in [0.25, 0.3) is 0 Å². The highest BCUT2D eigenvalue weighted by molar-refractivity contribution is 5.68. The highest BCUT2D eigenvalue weighted by atomic mass is 16.6. The fourth-order valence-corrected chi connectivity index (χ4v) is 4.39. The van der Waals surface area contributed by atoms with E-state index in [2.05, 4.69) is 17.5 Å². The van der Waals surface area contributed by atoms with Crippen LogP contribution in [0.4, 0.5) is 4.79 Å². The monoisotopic (exact) mass is 336 g/mol. The van der Waals surface area contributed by atoms with Gasteiger partial charge < -0.3 is 20.1 Å². The minimum absolute atomic E-state index is 0.161. The van der Waals surface area contributed by atoms with Gasteiger partial charge in [-0.1, -0.05) is 12.2 Å². The van der Waals surface area contributed by atoms with E-state index >= 15 is 0 Å². The van der Waals surface area contributed by atoms with Crippen molar-refractivity contribution in [2.45, 2.75) is 64.1 Å². The summed E-state index contributed by atoms with van der Waals surface area (Å²) in [5.41, 5.74) is -0.424. The molecule has 0 aromatic rings. The van der Waals surface area contributed by atoms with E-state index in [-0.39, 0.29) is 12.7 Å². The fraction of sp³-hybridized carbons (Fsp3) is 0.842. The summed E-state index contributed by atoms with van der Waals surface area (Å²) < 4.78 is 5.52. The van der Waals surface area contributed by atoms with Crippen molar-refractivity contribution in [1.29, 1.82) is 0 Å². The summed E-state index contributed by atoms with van der Waals surface area (Å²) in [5.74, 6) is 1.52. The Bertz CT molecular complexity index is 485. The molecule has 3 unspecified atom stereocenters. The van der Waals surface area contributed by atoms with Gasteiger partial charge in [-0.2, -0.15) is 0 Å². The van der Waals surface area contributed by atoms with E-state index in [1.807, 2.05) is 25.7 Å². The molecule has 3 rings (SSSR count). The van der Waals surface area contributed by atoms with Gasteiger partial charge >= 0.3 is 6.09 Å². The number of aliphatic hydroxyl groups excluding tert-OH is 1. The van der Waals surface area contributed by atoms with Gasteiger partial charge in [-0.05, 0) is 58.3 Å². The molecule has 1 aliphatic heterocycles. The summed E-state index contributed by atoms with van der Waals surface area (Å²) in [7, 11) is 0. The number of nitrogens with zero attached hydrogens (tertiary/aromatic N) is 1. The van der Waals surface area contributed by atoms with Crippen LogP contribution in [0.2, 0.25) is 0 Å². The standard InChI is InChI=1S/C19H32N2O3/c1-19(2,3)24-18(23)21-10-14-5-7-17(9-15(14)11-21)20-16-6-4-13(8-16)12-22/h4,6,13-17,20,22H,5,7-12H2,1-3H3/t13-,14?,15?,16+,17?/m0/s1. The number of hydrogen-bond donors (Lipinski definition) is 2. The zero-order valence-corrected chi connectivity index (χ0v) is 15.2. The largest absolute Gasteiger partial charge is 0.444 e. The van der Waals surface area contributed by atoms with Gasteiger partial charge in [0.1, 0.15) is 5.60 Å². The zero-order valence-electron chi connectivity index (χ0n) is 15.2. The summed E-state index contributed by atoms with van der Waals surface area (Å²) in [5, 5.41) is 13.0. The van der Waals surface area contributed by atoms with E-state index in [1.165, 1.54) is 12.8 Å². The maximum atomic E-state index is 12.3. The summed E-state index contributed by atoms with van der Waals surface area (Å²) in [4.78, 5) is 14.2. The third-order valence-corrected chi connectivity index (χ3v) is 5.56. The van der Waals surface area contributed by atoms with Crippen molar-refractivity contribution in [1.82, 2.24) is 10.2 Å². The van der Waals surface area contributed by atoms with Crippen LogP contribution < -0.4 is 5.32 Å². The predicted octanol–water partition coefficient (Wildman–Crippen LogP) is 2.55. The Morgan fingerprint density at radius 3 is 2.62 bits per heavy atom. The normalized spacial score (nSPS) is 36.0. The number of ether oxygens (including phenoxy) is 1. The molecule has 2 N–H and O–H groups in total. The Labute approximate surface area is 145 Å². The highest BCUT2D eigenvalue weighted by Gasteiger charge is 2.41. The molecule has 1 heterocycles. The number of rotatable bonds is 3. The van der Waals surface area contributed by atoms with Crippen LogP contribution in [0.1, 0.15) is 46.5 Å². The molecule has 2 fully saturated rings. The van der Waals surface area contributed by atoms with E-state index < -0.39 is 5.60 Å². The van der Waals surface area contributed by atoms with E-state index in [0.29, 0.717) is 29.8 Å². The number of hydrogen-bond acceptors (Lipinski definition) is 4. The first-order valence-electron chi connectivity index (χ1n) is 9.37. The summed E-state index contributed by atoms with van der Waals surface area (Å²) >= 11 is 0. The third kappa shape index (κ3) is 4.31. The Morgan fingerprint density at radius 1 is 1.21 bits per heavy atom. The first-order valence-corrected chi connectivity index (χ1v) is 9.37. The molecule has 0 aromatic carbocycles. The highest BCUT2D eigenvalue weighted by Crippen LogP contribution is 2.37. The second kappa shape index (κ2) is 7.04. The van der Waals surface area contributed by atoms with Crippen molar-refractivity contribution in [2.75, 3.05) is 19.7 Å². The van der Waals surface area contributed by atoms with E-state index in [0.717, 1.165) is 25.9 Å². The number of carbonyl (C=O) groups excluding carboxylic acids is 1. The molecule has 2 aliphatic carbocycles. The summed E-state index contributed by atoms with van der Waals surface area (Å²) in [6, 6.07) is 0.920. The minimum Gasteiger partial charge on any atom is -0.444 e. The molecule has 0 aromatic heterocycles. The van der Waals surface area contributed by atoms with Crippen LogP contribution in [0.15, 0.2) is 12.2 Å². The molecule has 1 saturated heterocycles. The number of aliphatic hydroxyl groups is 1. The van der Waals surface area contributed by atoms with Crippen molar-refractivity contribution in [2.24, 2.45) is 17.8 Å². The maximum Gasteiger partial charge on any atom is 0.410 e. The molecule has 0 spiro atoms. The topological polar surface area (TPSA) is 61.8 Å². The molecule has 1 saturated carbocycles. The van der Waals surface area contributed by atoms with Gasteiger partial charge in [-0.15, -0.1) is 0 Å². The van der Waals surface area contributed by atoms with Crippen molar-refractivity contribution in [3.63, 3.8) is 0 Å². The molecule has 0 bridgehead atoms.